The van der Waals surface area contributed by atoms with Crippen LogP contribution in [-0.2, 0) is 4.79 Å². The highest BCUT2D eigenvalue weighted by atomic mass is 32.2. The molecule has 6 rings (SSSR count). The topological polar surface area (TPSA) is 58.7 Å². The van der Waals surface area contributed by atoms with E-state index in [-0.39, 0.29) is 5.91 Å². The molecule has 1 aliphatic rings. The quantitative estimate of drug-likeness (QED) is 0.228. The molecule has 0 bridgehead atoms. The fourth-order valence-electron chi connectivity index (χ4n) is 3.83. The lowest BCUT2D eigenvalue weighted by Gasteiger charge is -2.15. The molecule has 36 heavy (non-hydrogen) atoms. The van der Waals surface area contributed by atoms with Crippen LogP contribution >= 0.6 is 23.5 Å². The molecule has 0 atom stereocenters. The fourth-order valence-corrected chi connectivity index (χ4v) is 5.72. The zero-order valence-corrected chi connectivity index (χ0v) is 20.6. The van der Waals surface area contributed by atoms with Crippen molar-refractivity contribution in [3.05, 3.63) is 120 Å². The van der Waals surface area contributed by atoms with Gasteiger partial charge < -0.3 is 4.42 Å². The van der Waals surface area contributed by atoms with Crippen LogP contribution in [0.4, 0.5) is 11.4 Å². The van der Waals surface area contributed by atoms with E-state index >= 15 is 0 Å². The van der Waals surface area contributed by atoms with Gasteiger partial charge in [0.15, 0.2) is 10.3 Å². The lowest BCUT2D eigenvalue weighted by molar-refractivity contribution is -0.113. The van der Waals surface area contributed by atoms with Crippen LogP contribution in [0, 0.1) is 0 Å². The third kappa shape index (κ3) is 4.58. The zero-order chi connectivity index (χ0) is 24.3. The van der Waals surface area contributed by atoms with Crippen molar-refractivity contribution in [1.29, 1.82) is 0 Å². The van der Waals surface area contributed by atoms with E-state index in [1.807, 2.05) is 103 Å². The molecule has 3 heterocycles. The number of anilines is 1. The van der Waals surface area contributed by atoms with E-state index in [1.54, 1.807) is 17.2 Å². The lowest BCUT2D eigenvalue weighted by atomic mass is 10.2. The largest absolute Gasteiger partial charge is 0.450 e. The van der Waals surface area contributed by atoms with Gasteiger partial charge in [0.1, 0.15) is 5.76 Å². The summed E-state index contributed by atoms with van der Waals surface area (Å²) in [4.78, 5) is 25.9. The Labute approximate surface area is 216 Å². The summed E-state index contributed by atoms with van der Waals surface area (Å²) in [6.07, 6.45) is 3.57. The zero-order valence-electron chi connectivity index (χ0n) is 18.9. The first-order valence-electron chi connectivity index (χ1n) is 11.3. The number of furan rings is 1. The van der Waals surface area contributed by atoms with Crippen LogP contribution < -0.4 is 4.90 Å². The molecule has 0 aliphatic carbocycles. The van der Waals surface area contributed by atoms with Crippen LogP contribution in [0.15, 0.2) is 134 Å². The number of thioether (sulfide) groups is 1. The molecule has 7 heteroatoms. The summed E-state index contributed by atoms with van der Waals surface area (Å²) in [6, 6.07) is 33.0. The van der Waals surface area contributed by atoms with Crippen molar-refractivity contribution in [2.24, 2.45) is 4.99 Å². The minimum absolute atomic E-state index is 0.135. The number of amides is 1. The van der Waals surface area contributed by atoms with E-state index in [0.717, 1.165) is 32.3 Å². The Balaban J connectivity index is 1.30. The molecule has 1 fully saturated rings. The first-order valence-corrected chi connectivity index (χ1v) is 12.9. The molecule has 2 aromatic heterocycles. The number of para-hydroxylation sites is 3. The molecule has 0 saturated carbocycles. The highest BCUT2D eigenvalue weighted by molar-refractivity contribution is 8.19. The van der Waals surface area contributed by atoms with Gasteiger partial charge in [-0.2, -0.15) is 0 Å². The summed E-state index contributed by atoms with van der Waals surface area (Å²) in [7, 11) is 0. The third-order valence-electron chi connectivity index (χ3n) is 5.48. The predicted octanol–water partition coefficient (Wildman–Crippen LogP) is 7.79. The molecule has 1 aliphatic heterocycles. The van der Waals surface area contributed by atoms with Gasteiger partial charge in [-0.3, -0.25) is 14.7 Å². The highest BCUT2D eigenvalue weighted by Crippen LogP contribution is 2.38. The van der Waals surface area contributed by atoms with E-state index in [4.69, 9.17) is 9.41 Å². The molecule has 0 spiro atoms. The second-order valence-electron chi connectivity index (χ2n) is 7.91. The molecule has 5 nitrogen and oxygen atoms in total. The van der Waals surface area contributed by atoms with Crippen molar-refractivity contribution in [3.63, 3.8) is 0 Å². The highest BCUT2D eigenvalue weighted by Gasteiger charge is 2.35. The van der Waals surface area contributed by atoms with Gasteiger partial charge >= 0.3 is 0 Å². The lowest BCUT2D eigenvalue weighted by Crippen LogP contribution is -2.28. The summed E-state index contributed by atoms with van der Waals surface area (Å²) >= 11 is 2.85. The summed E-state index contributed by atoms with van der Waals surface area (Å²) in [5.74, 6) is 0.472. The number of carbonyl (C=O) groups is 1. The fraction of sp³-hybridized carbons (Fsp3) is 0. The van der Waals surface area contributed by atoms with Gasteiger partial charge in [-0.05, 0) is 72.1 Å². The molecule has 0 N–H and O–H groups in total. The number of hydrogen-bond acceptors (Lipinski definition) is 6. The number of benzene rings is 3. The van der Waals surface area contributed by atoms with E-state index < -0.39 is 0 Å². The number of amidine groups is 1. The van der Waals surface area contributed by atoms with Gasteiger partial charge in [0.05, 0.1) is 21.8 Å². The maximum Gasteiger partial charge on any atom is 0.271 e. The average Bonchev–Trinajstić information content (AvgIpc) is 3.48. The number of aliphatic imine (C=N–C) groups is 1. The number of carbonyl (C=O) groups excluding carboxylic acids is 1. The molecular formula is C29H19N3O2S2. The maximum atomic E-state index is 13.5. The van der Waals surface area contributed by atoms with E-state index in [2.05, 4.69) is 4.98 Å². The summed E-state index contributed by atoms with van der Waals surface area (Å²) in [5.41, 5.74) is 2.49. The minimum atomic E-state index is -0.135. The van der Waals surface area contributed by atoms with Crippen LogP contribution in [0.2, 0.25) is 0 Å². The van der Waals surface area contributed by atoms with Crippen LogP contribution in [0.5, 0.6) is 0 Å². The monoisotopic (exact) mass is 505 g/mol. The van der Waals surface area contributed by atoms with Crippen molar-refractivity contribution in [1.82, 2.24) is 4.98 Å². The normalized spacial score (nSPS) is 15.9. The Hall–Kier alpha value is -4.07. The van der Waals surface area contributed by atoms with Gasteiger partial charge in [-0.15, -0.1) is 0 Å². The molecule has 5 aromatic rings. The number of aromatic nitrogens is 1. The van der Waals surface area contributed by atoms with Crippen LogP contribution in [0.25, 0.3) is 17.0 Å². The van der Waals surface area contributed by atoms with Crippen LogP contribution in [0.3, 0.4) is 0 Å². The predicted molar refractivity (Wildman–Crippen MR) is 148 cm³/mol. The van der Waals surface area contributed by atoms with E-state index in [0.29, 0.717) is 15.8 Å². The number of pyridine rings is 1. The first kappa shape index (κ1) is 22.4. The van der Waals surface area contributed by atoms with Gasteiger partial charge in [-0.25, -0.2) is 4.99 Å². The van der Waals surface area contributed by atoms with Crippen LogP contribution in [0.1, 0.15) is 5.76 Å². The third-order valence-corrected chi connectivity index (χ3v) is 7.42. The number of fused-ring (bicyclic) bond motifs is 1. The van der Waals surface area contributed by atoms with E-state index in [9.17, 15) is 4.79 Å². The van der Waals surface area contributed by atoms with Crippen molar-refractivity contribution < 1.29 is 9.21 Å². The number of hydrogen-bond donors (Lipinski definition) is 0. The van der Waals surface area contributed by atoms with Crippen LogP contribution in [-0.4, -0.2) is 16.1 Å². The second kappa shape index (κ2) is 9.89. The summed E-state index contributed by atoms with van der Waals surface area (Å²) < 4.78 is 6.08. The minimum Gasteiger partial charge on any atom is -0.450 e. The van der Waals surface area contributed by atoms with E-state index in [1.165, 1.54) is 23.5 Å². The van der Waals surface area contributed by atoms with Crippen molar-refractivity contribution in [2.75, 3.05) is 4.90 Å². The molecule has 1 saturated heterocycles. The van der Waals surface area contributed by atoms with Crippen molar-refractivity contribution in [3.8, 4) is 0 Å². The summed E-state index contributed by atoms with van der Waals surface area (Å²) in [5, 5.41) is 2.41. The maximum absolute atomic E-state index is 13.5. The Morgan fingerprint density at radius 3 is 2.47 bits per heavy atom. The summed E-state index contributed by atoms with van der Waals surface area (Å²) in [6.45, 7) is 0. The molecule has 0 unspecified atom stereocenters. The smallest absolute Gasteiger partial charge is 0.271 e. The van der Waals surface area contributed by atoms with Gasteiger partial charge in [0, 0.05) is 22.6 Å². The SMILES string of the molecule is O=C1/C(=C/c2ccc(Sc3cccc4cccnc34)o2)SC(=Nc2ccccc2)N1c1ccccc1. The van der Waals surface area contributed by atoms with Gasteiger partial charge in [0.2, 0.25) is 0 Å². The van der Waals surface area contributed by atoms with Crippen molar-refractivity contribution >= 4 is 63.0 Å². The Kier molecular flexibility index (Phi) is 6.15. The molecule has 0 radical (unpaired) electrons. The second-order valence-corrected chi connectivity index (χ2v) is 9.96. The molecule has 3 aromatic carbocycles. The standard InChI is InChI=1S/C29H19N3O2S2/c33-28-25(36-29(31-21-11-3-1-4-12-21)32(28)22-13-5-2-6-14-22)19-23-16-17-26(34-23)35-24-15-7-9-20-10-8-18-30-27(20)24/h1-19H/b25-19-,31-29?. The van der Waals surface area contributed by atoms with Gasteiger partial charge in [0.25, 0.3) is 5.91 Å². The van der Waals surface area contributed by atoms with Crippen molar-refractivity contribution in [2.45, 2.75) is 9.99 Å². The first-order chi connectivity index (χ1) is 17.7. The number of nitrogens with zero attached hydrogens (tertiary/aromatic N) is 3. The molecule has 174 valence electrons. The molecular weight excluding hydrogens is 486 g/mol. The molecule has 1 amide bonds. The van der Waals surface area contributed by atoms with Gasteiger partial charge in [-0.1, -0.05) is 54.6 Å². The average molecular weight is 506 g/mol. The number of rotatable bonds is 5. The Bertz CT molecular complexity index is 1610. The Morgan fingerprint density at radius 1 is 0.861 bits per heavy atom. The Morgan fingerprint density at radius 2 is 1.64 bits per heavy atom.